The van der Waals surface area contributed by atoms with Crippen LogP contribution in [-0.4, -0.2) is 23.3 Å². The fraction of sp³-hybridized carbons (Fsp3) is 0.545. The summed E-state index contributed by atoms with van der Waals surface area (Å²) in [6, 6.07) is 1.81. The highest BCUT2D eigenvalue weighted by molar-refractivity contribution is 9.10. The van der Waals surface area contributed by atoms with Crippen molar-refractivity contribution in [3.8, 4) is 0 Å². The van der Waals surface area contributed by atoms with Crippen molar-refractivity contribution >= 4 is 40.1 Å². The zero-order valence-electron chi connectivity index (χ0n) is 10.3. The van der Waals surface area contributed by atoms with E-state index in [1.807, 2.05) is 33.8 Å². The number of nitrogens with zero attached hydrogens (tertiary/aromatic N) is 1. The first-order valence-corrected chi connectivity index (χ1v) is 6.57. The van der Waals surface area contributed by atoms with Gasteiger partial charge in [-0.05, 0) is 49.7 Å². The van der Waals surface area contributed by atoms with Crippen LogP contribution in [-0.2, 0) is 9.31 Å². The number of aromatic nitrogens is 1. The van der Waals surface area contributed by atoms with Gasteiger partial charge in [-0.2, -0.15) is 0 Å². The smallest absolute Gasteiger partial charge is 0.399 e. The van der Waals surface area contributed by atoms with Crippen LogP contribution in [0.15, 0.2) is 16.9 Å². The predicted octanol–water partition coefficient (Wildman–Crippen LogP) is 2.80. The van der Waals surface area contributed by atoms with Crippen LogP contribution in [0, 0.1) is 0 Å². The van der Waals surface area contributed by atoms with Crippen LogP contribution in [0.25, 0.3) is 0 Å². The Balaban J connectivity index is 2.36. The molecule has 1 aliphatic heterocycles. The van der Waals surface area contributed by atoms with Gasteiger partial charge >= 0.3 is 7.12 Å². The molecule has 1 aliphatic rings. The lowest BCUT2D eigenvalue weighted by Gasteiger charge is -2.32. The summed E-state index contributed by atoms with van der Waals surface area (Å²) in [7, 11) is -0.452. The molecule has 0 aliphatic carbocycles. The van der Waals surface area contributed by atoms with E-state index >= 15 is 0 Å². The van der Waals surface area contributed by atoms with Crippen LogP contribution in [0.2, 0.25) is 5.02 Å². The van der Waals surface area contributed by atoms with Crippen molar-refractivity contribution in [3.05, 3.63) is 21.9 Å². The third-order valence-electron chi connectivity index (χ3n) is 3.38. The van der Waals surface area contributed by atoms with E-state index in [0.717, 1.165) is 5.46 Å². The molecule has 0 aromatic carbocycles. The van der Waals surface area contributed by atoms with Gasteiger partial charge in [0.25, 0.3) is 0 Å². The minimum absolute atomic E-state index is 0.364. The molecular weight excluding hydrogens is 304 g/mol. The van der Waals surface area contributed by atoms with Crippen LogP contribution >= 0.6 is 27.5 Å². The molecule has 0 N–H and O–H groups in total. The van der Waals surface area contributed by atoms with Crippen molar-refractivity contribution in [2.75, 3.05) is 0 Å². The fourth-order valence-electron chi connectivity index (χ4n) is 1.58. The van der Waals surface area contributed by atoms with Crippen molar-refractivity contribution in [3.63, 3.8) is 0 Å². The molecule has 3 nitrogen and oxygen atoms in total. The van der Waals surface area contributed by atoms with E-state index in [9.17, 15) is 0 Å². The van der Waals surface area contributed by atoms with Gasteiger partial charge in [0.15, 0.2) is 0 Å². The van der Waals surface area contributed by atoms with Crippen molar-refractivity contribution in [2.24, 2.45) is 0 Å². The lowest BCUT2D eigenvalue weighted by Crippen LogP contribution is -2.41. The van der Waals surface area contributed by atoms with Gasteiger partial charge in [0.05, 0.1) is 16.2 Å². The van der Waals surface area contributed by atoms with Crippen LogP contribution in [0.4, 0.5) is 0 Å². The molecule has 6 heteroatoms. The first-order valence-electron chi connectivity index (χ1n) is 5.40. The van der Waals surface area contributed by atoms with E-state index in [-0.39, 0.29) is 11.2 Å². The Labute approximate surface area is 115 Å². The molecule has 1 fully saturated rings. The molecule has 0 saturated carbocycles. The Bertz CT molecular complexity index is 437. The highest BCUT2D eigenvalue weighted by Crippen LogP contribution is 2.37. The lowest BCUT2D eigenvalue weighted by molar-refractivity contribution is 0.00578. The minimum Gasteiger partial charge on any atom is -0.399 e. The SMILES string of the molecule is CC1(C)OB(c2ccnc(Br)c2Cl)OC1(C)C. The van der Waals surface area contributed by atoms with E-state index in [2.05, 4.69) is 20.9 Å². The minimum atomic E-state index is -0.452. The molecule has 0 amide bonds. The van der Waals surface area contributed by atoms with Gasteiger partial charge in [0, 0.05) is 11.7 Å². The standard InChI is InChI=1S/C11H14BBrClNO2/c1-10(2)11(3,4)17-12(16-10)7-5-6-15-9(13)8(7)14/h5-6H,1-4H3. The molecule has 1 saturated heterocycles. The van der Waals surface area contributed by atoms with Gasteiger partial charge in [-0.25, -0.2) is 4.98 Å². The van der Waals surface area contributed by atoms with Gasteiger partial charge in [-0.15, -0.1) is 0 Å². The van der Waals surface area contributed by atoms with Gasteiger partial charge < -0.3 is 9.31 Å². The number of pyridine rings is 1. The second-order valence-corrected chi connectivity index (χ2v) is 6.22. The molecule has 92 valence electrons. The van der Waals surface area contributed by atoms with E-state index < -0.39 is 7.12 Å². The Hall–Kier alpha value is -0.0951. The summed E-state index contributed by atoms with van der Waals surface area (Å²) in [5, 5.41) is 0.533. The van der Waals surface area contributed by atoms with E-state index in [4.69, 9.17) is 20.9 Å². The molecule has 17 heavy (non-hydrogen) atoms. The first kappa shape index (κ1) is 13.3. The number of hydrogen-bond donors (Lipinski definition) is 0. The normalized spacial score (nSPS) is 21.9. The first-order chi connectivity index (χ1) is 7.74. The highest BCUT2D eigenvalue weighted by atomic mass is 79.9. The molecule has 1 aromatic heterocycles. The largest absolute Gasteiger partial charge is 0.496 e. The average molecular weight is 318 g/mol. The predicted molar refractivity (Wildman–Crippen MR) is 72.7 cm³/mol. The number of halogens is 2. The summed E-state index contributed by atoms with van der Waals surface area (Å²) in [6.45, 7) is 8.04. The number of rotatable bonds is 1. The molecule has 0 unspecified atom stereocenters. The summed E-state index contributed by atoms with van der Waals surface area (Å²) in [4.78, 5) is 4.06. The van der Waals surface area contributed by atoms with Gasteiger partial charge in [0.2, 0.25) is 0 Å². The topological polar surface area (TPSA) is 31.4 Å². The van der Waals surface area contributed by atoms with Crippen LogP contribution in [0.1, 0.15) is 27.7 Å². The van der Waals surface area contributed by atoms with E-state index in [1.165, 1.54) is 0 Å². The second kappa shape index (κ2) is 4.23. The summed E-state index contributed by atoms with van der Waals surface area (Å²) in [6.07, 6.45) is 1.68. The van der Waals surface area contributed by atoms with Gasteiger partial charge in [-0.3, -0.25) is 0 Å². The molecular formula is C11H14BBrClNO2. The fourth-order valence-corrected chi connectivity index (χ4v) is 2.13. The Morgan fingerprint density at radius 3 is 2.29 bits per heavy atom. The Kier molecular flexibility index (Phi) is 3.32. The number of hydrogen-bond acceptors (Lipinski definition) is 3. The second-order valence-electron chi connectivity index (χ2n) is 5.09. The molecule has 2 heterocycles. The third-order valence-corrected chi connectivity index (χ3v) is 4.61. The van der Waals surface area contributed by atoms with E-state index in [1.54, 1.807) is 6.20 Å². The van der Waals surface area contributed by atoms with E-state index in [0.29, 0.717) is 9.63 Å². The highest BCUT2D eigenvalue weighted by Gasteiger charge is 2.52. The molecule has 2 rings (SSSR count). The molecule has 0 atom stereocenters. The third kappa shape index (κ3) is 2.26. The molecule has 0 spiro atoms. The van der Waals surface area contributed by atoms with Crippen LogP contribution in [0.3, 0.4) is 0 Å². The monoisotopic (exact) mass is 317 g/mol. The summed E-state index contributed by atoms with van der Waals surface area (Å²) in [5.41, 5.74) is 0.0696. The molecule has 1 aromatic rings. The van der Waals surface area contributed by atoms with Gasteiger partial charge in [-0.1, -0.05) is 11.6 Å². The maximum Gasteiger partial charge on any atom is 0.496 e. The lowest BCUT2D eigenvalue weighted by atomic mass is 9.80. The molecule has 0 radical (unpaired) electrons. The summed E-state index contributed by atoms with van der Waals surface area (Å²) >= 11 is 9.49. The summed E-state index contributed by atoms with van der Waals surface area (Å²) < 4.78 is 12.5. The quantitative estimate of drug-likeness (QED) is 0.589. The van der Waals surface area contributed by atoms with Crippen molar-refractivity contribution in [2.45, 2.75) is 38.9 Å². The van der Waals surface area contributed by atoms with Crippen LogP contribution < -0.4 is 5.46 Å². The van der Waals surface area contributed by atoms with Gasteiger partial charge in [0.1, 0.15) is 4.60 Å². The summed E-state index contributed by atoms with van der Waals surface area (Å²) in [5.74, 6) is 0. The zero-order chi connectivity index (χ0) is 12.8. The Morgan fingerprint density at radius 2 is 1.76 bits per heavy atom. The van der Waals surface area contributed by atoms with Crippen molar-refractivity contribution in [1.82, 2.24) is 4.98 Å². The van der Waals surface area contributed by atoms with Crippen molar-refractivity contribution in [1.29, 1.82) is 0 Å². The van der Waals surface area contributed by atoms with Crippen molar-refractivity contribution < 1.29 is 9.31 Å². The average Bonchev–Trinajstić information content (AvgIpc) is 2.40. The van der Waals surface area contributed by atoms with Crippen LogP contribution in [0.5, 0.6) is 0 Å². The maximum atomic E-state index is 6.19. The molecule has 0 bridgehead atoms. The maximum absolute atomic E-state index is 6.19. The zero-order valence-corrected chi connectivity index (χ0v) is 12.6. The Morgan fingerprint density at radius 1 is 1.24 bits per heavy atom.